The smallest absolute Gasteiger partial charge is 0.0300 e. The lowest BCUT2D eigenvalue weighted by Gasteiger charge is -2.18. The third kappa shape index (κ3) is 2.07. The molecule has 1 atom stereocenters. The van der Waals surface area contributed by atoms with Crippen LogP contribution in [0.3, 0.4) is 0 Å². The van der Waals surface area contributed by atoms with Gasteiger partial charge in [-0.15, -0.1) is 0 Å². The predicted octanol–water partition coefficient (Wildman–Crippen LogP) is 1.72. The van der Waals surface area contributed by atoms with E-state index >= 15 is 0 Å². The molecule has 0 radical (unpaired) electrons. The Bertz CT molecular complexity index is 258. The van der Waals surface area contributed by atoms with E-state index in [1.165, 1.54) is 24.9 Å². The standard InChI is InChI=1S/C11H16N2/c1-13-7-3-5-11(13)8-10-4-2-6-12-9-10/h2,4,6,9,11H,3,5,7-8H2,1H3. The van der Waals surface area contributed by atoms with Crippen molar-refractivity contribution in [1.29, 1.82) is 0 Å². The minimum Gasteiger partial charge on any atom is -0.303 e. The fourth-order valence-electron chi connectivity index (χ4n) is 2.03. The van der Waals surface area contributed by atoms with Crippen LogP contribution in [0.5, 0.6) is 0 Å². The van der Waals surface area contributed by atoms with Crippen molar-refractivity contribution in [2.45, 2.75) is 25.3 Å². The highest BCUT2D eigenvalue weighted by Gasteiger charge is 2.20. The Morgan fingerprint density at radius 1 is 1.62 bits per heavy atom. The summed E-state index contributed by atoms with van der Waals surface area (Å²) in [6, 6.07) is 4.92. The minimum atomic E-state index is 0.740. The zero-order valence-corrected chi connectivity index (χ0v) is 8.11. The Morgan fingerprint density at radius 3 is 3.15 bits per heavy atom. The second-order valence-electron chi connectivity index (χ2n) is 3.84. The van der Waals surface area contributed by atoms with Crippen LogP contribution in [0.15, 0.2) is 24.5 Å². The van der Waals surface area contributed by atoms with E-state index in [4.69, 9.17) is 0 Å². The van der Waals surface area contributed by atoms with Gasteiger partial charge in [-0.05, 0) is 44.5 Å². The van der Waals surface area contributed by atoms with E-state index in [1.807, 2.05) is 18.5 Å². The summed E-state index contributed by atoms with van der Waals surface area (Å²) in [4.78, 5) is 6.58. The lowest BCUT2D eigenvalue weighted by molar-refractivity contribution is 0.309. The molecule has 1 unspecified atom stereocenters. The third-order valence-electron chi connectivity index (χ3n) is 2.87. The Kier molecular flexibility index (Phi) is 2.60. The minimum absolute atomic E-state index is 0.740. The van der Waals surface area contributed by atoms with Gasteiger partial charge < -0.3 is 4.90 Å². The number of hydrogen-bond acceptors (Lipinski definition) is 2. The van der Waals surface area contributed by atoms with Gasteiger partial charge in [-0.1, -0.05) is 6.07 Å². The van der Waals surface area contributed by atoms with Crippen molar-refractivity contribution < 1.29 is 0 Å². The zero-order valence-electron chi connectivity index (χ0n) is 8.11. The van der Waals surface area contributed by atoms with Gasteiger partial charge in [0.05, 0.1) is 0 Å². The molecule has 2 nitrogen and oxygen atoms in total. The number of aromatic nitrogens is 1. The van der Waals surface area contributed by atoms with Crippen LogP contribution < -0.4 is 0 Å². The maximum absolute atomic E-state index is 4.13. The summed E-state index contributed by atoms with van der Waals surface area (Å²) in [6.45, 7) is 1.25. The zero-order chi connectivity index (χ0) is 9.10. The Morgan fingerprint density at radius 2 is 2.54 bits per heavy atom. The van der Waals surface area contributed by atoms with E-state index in [0.29, 0.717) is 0 Å². The average Bonchev–Trinajstić information content (AvgIpc) is 2.54. The molecule has 1 saturated heterocycles. The summed E-state index contributed by atoms with van der Waals surface area (Å²) in [5.74, 6) is 0. The highest BCUT2D eigenvalue weighted by atomic mass is 15.1. The van der Waals surface area contributed by atoms with Crippen LogP contribution in [0.1, 0.15) is 18.4 Å². The Balaban J connectivity index is 1.98. The average molecular weight is 176 g/mol. The van der Waals surface area contributed by atoms with Crippen LogP contribution in [-0.2, 0) is 6.42 Å². The molecule has 0 bridgehead atoms. The summed E-state index contributed by atoms with van der Waals surface area (Å²) < 4.78 is 0. The normalized spacial score (nSPS) is 23.6. The van der Waals surface area contributed by atoms with Gasteiger partial charge in [0, 0.05) is 18.4 Å². The maximum Gasteiger partial charge on any atom is 0.0300 e. The van der Waals surface area contributed by atoms with Crippen molar-refractivity contribution >= 4 is 0 Å². The first-order chi connectivity index (χ1) is 6.36. The maximum atomic E-state index is 4.13. The summed E-state index contributed by atoms with van der Waals surface area (Å²) >= 11 is 0. The molecule has 0 amide bonds. The van der Waals surface area contributed by atoms with Gasteiger partial charge in [-0.3, -0.25) is 4.98 Å². The molecule has 70 valence electrons. The predicted molar refractivity (Wildman–Crippen MR) is 53.6 cm³/mol. The van der Waals surface area contributed by atoms with Gasteiger partial charge in [-0.2, -0.15) is 0 Å². The molecule has 1 aromatic rings. The van der Waals surface area contributed by atoms with Crippen molar-refractivity contribution in [3.8, 4) is 0 Å². The SMILES string of the molecule is CN1CCCC1Cc1cccnc1. The van der Waals surface area contributed by atoms with E-state index < -0.39 is 0 Å². The first-order valence-electron chi connectivity index (χ1n) is 4.95. The van der Waals surface area contributed by atoms with E-state index in [-0.39, 0.29) is 0 Å². The quantitative estimate of drug-likeness (QED) is 0.682. The van der Waals surface area contributed by atoms with Crippen molar-refractivity contribution in [3.63, 3.8) is 0 Å². The second kappa shape index (κ2) is 3.88. The Hall–Kier alpha value is -0.890. The van der Waals surface area contributed by atoms with E-state index in [0.717, 1.165) is 12.5 Å². The monoisotopic (exact) mass is 176 g/mol. The molecule has 1 aliphatic rings. The van der Waals surface area contributed by atoms with Crippen molar-refractivity contribution in [3.05, 3.63) is 30.1 Å². The molecule has 0 aliphatic carbocycles. The lowest BCUT2D eigenvalue weighted by atomic mass is 10.1. The fourth-order valence-corrected chi connectivity index (χ4v) is 2.03. The molecule has 1 fully saturated rings. The van der Waals surface area contributed by atoms with Crippen LogP contribution in [0.4, 0.5) is 0 Å². The second-order valence-corrected chi connectivity index (χ2v) is 3.84. The molecule has 2 heterocycles. The highest BCUT2D eigenvalue weighted by Crippen LogP contribution is 2.18. The molecule has 0 saturated carbocycles. The summed E-state index contributed by atoms with van der Waals surface area (Å²) in [7, 11) is 2.22. The number of likely N-dealkylation sites (N-methyl/N-ethyl adjacent to an activating group) is 1. The molecular formula is C11H16N2. The third-order valence-corrected chi connectivity index (χ3v) is 2.87. The molecule has 1 aromatic heterocycles. The van der Waals surface area contributed by atoms with Crippen molar-refractivity contribution in [1.82, 2.24) is 9.88 Å². The van der Waals surface area contributed by atoms with Crippen LogP contribution in [0.25, 0.3) is 0 Å². The first-order valence-corrected chi connectivity index (χ1v) is 4.95. The topological polar surface area (TPSA) is 16.1 Å². The summed E-state index contributed by atoms with van der Waals surface area (Å²) in [6.07, 6.45) is 7.66. The molecular weight excluding hydrogens is 160 g/mol. The van der Waals surface area contributed by atoms with Gasteiger partial charge in [0.25, 0.3) is 0 Å². The number of likely N-dealkylation sites (tertiary alicyclic amines) is 1. The molecule has 2 rings (SSSR count). The number of rotatable bonds is 2. The van der Waals surface area contributed by atoms with Gasteiger partial charge in [0.15, 0.2) is 0 Å². The Labute approximate surface area is 79.6 Å². The molecule has 0 aromatic carbocycles. The van der Waals surface area contributed by atoms with Gasteiger partial charge in [-0.25, -0.2) is 0 Å². The van der Waals surface area contributed by atoms with Gasteiger partial charge >= 0.3 is 0 Å². The fraction of sp³-hybridized carbons (Fsp3) is 0.545. The highest BCUT2D eigenvalue weighted by molar-refractivity contribution is 5.10. The van der Waals surface area contributed by atoms with Crippen molar-refractivity contribution in [2.75, 3.05) is 13.6 Å². The van der Waals surface area contributed by atoms with Crippen LogP contribution in [0, 0.1) is 0 Å². The number of nitrogens with zero attached hydrogens (tertiary/aromatic N) is 2. The molecule has 0 N–H and O–H groups in total. The molecule has 1 aliphatic heterocycles. The van der Waals surface area contributed by atoms with Crippen LogP contribution in [0.2, 0.25) is 0 Å². The molecule has 2 heteroatoms. The first kappa shape index (κ1) is 8.70. The summed E-state index contributed by atoms with van der Waals surface area (Å²) in [5, 5.41) is 0. The van der Waals surface area contributed by atoms with Crippen LogP contribution >= 0.6 is 0 Å². The van der Waals surface area contributed by atoms with E-state index in [9.17, 15) is 0 Å². The van der Waals surface area contributed by atoms with E-state index in [1.54, 1.807) is 0 Å². The lowest BCUT2D eigenvalue weighted by Crippen LogP contribution is -2.26. The van der Waals surface area contributed by atoms with Gasteiger partial charge in [0.2, 0.25) is 0 Å². The summed E-state index contributed by atoms with van der Waals surface area (Å²) in [5.41, 5.74) is 1.36. The molecule has 0 spiro atoms. The van der Waals surface area contributed by atoms with Crippen molar-refractivity contribution in [2.24, 2.45) is 0 Å². The number of pyridine rings is 1. The molecule has 13 heavy (non-hydrogen) atoms. The van der Waals surface area contributed by atoms with Crippen LogP contribution in [-0.4, -0.2) is 29.5 Å². The number of hydrogen-bond donors (Lipinski definition) is 0. The largest absolute Gasteiger partial charge is 0.303 e. The van der Waals surface area contributed by atoms with Gasteiger partial charge in [0.1, 0.15) is 0 Å². The van der Waals surface area contributed by atoms with E-state index in [2.05, 4.69) is 23.0 Å².